The first-order chi connectivity index (χ1) is 7.54. The highest BCUT2D eigenvalue weighted by molar-refractivity contribution is 5.02. The molecule has 0 aromatic carbocycles. The molecule has 1 aromatic heterocycles. The van der Waals surface area contributed by atoms with Crippen LogP contribution in [-0.4, -0.2) is 20.1 Å². The predicted octanol–water partition coefficient (Wildman–Crippen LogP) is 2.48. The van der Waals surface area contributed by atoms with Crippen LogP contribution in [0.25, 0.3) is 0 Å². The van der Waals surface area contributed by atoms with Gasteiger partial charge in [-0.25, -0.2) is 0 Å². The van der Waals surface area contributed by atoms with E-state index >= 15 is 0 Å². The third kappa shape index (κ3) is 4.31. The molecule has 92 valence electrons. The van der Waals surface area contributed by atoms with Gasteiger partial charge in [-0.2, -0.15) is 0 Å². The molecule has 0 aliphatic heterocycles. The lowest BCUT2D eigenvalue weighted by Gasteiger charge is -2.11. The van der Waals surface area contributed by atoms with Crippen molar-refractivity contribution in [1.82, 2.24) is 15.0 Å². The van der Waals surface area contributed by atoms with Crippen molar-refractivity contribution in [2.24, 2.45) is 0 Å². The van der Waals surface area contributed by atoms with Crippen LogP contribution >= 0.6 is 0 Å². The molecule has 0 spiro atoms. The van der Waals surface area contributed by atoms with Crippen molar-refractivity contribution in [3.63, 3.8) is 0 Å². The van der Waals surface area contributed by atoms with E-state index in [0.29, 0.717) is 5.69 Å². The Hall–Kier alpha value is -0.900. The van der Waals surface area contributed by atoms with Crippen LogP contribution < -0.4 is 0 Å². The fraction of sp³-hybridized carbons (Fsp3) is 0.833. The summed E-state index contributed by atoms with van der Waals surface area (Å²) >= 11 is 0. The number of hydrogen-bond donors (Lipinski definition) is 1. The van der Waals surface area contributed by atoms with E-state index in [4.69, 9.17) is 0 Å². The van der Waals surface area contributed by atoms with Gasteiger partial charge in [0, 0.05) is 6.54 Å². The summed E-state index contributed by atoms with van der Waals surface area (Å²) in [5.74, 6) is 0. The van der Waals surface area contributed by atoms with Crippen LogP contribution in [0.4, 0.5) is 0 Å². The van der Waals surface area contributed by atoms with Crippen molar-refractivity contribution >= 4 is 0 Å². The Balaban J connectivity index is 2.30. The van der Waals surface area contributed by atoms with Crippen molar-refractivity contribution in [3.8, 4) is 0 Å². The summed E-state index contributed by atoms with van der Waals surface area (Å²) in [6, 6.07) is 0. The monoisotopic (exact) mass is 225 g/mol. The normalized spacial score (nSPS) is 12.0. The van der Waals surface area contributed by atoms with E-state index in [1.54, 1.807) is 13.8 Å². The summed E-state index contributed by atoms with van der Waals surface area (Å²) in [4.78, 5) is 0. The third-order valence-corrected chi connectivity index (χ3v) is 2.66. The van der Waals surface area contributed by atoms with E-state index in [1.165, 1.54) is 25.7 Å². The van der Waals surface area contributed by atoms with Gasteiger partial charge in [0.1, 0.15) is 11.3 Å². The van der Waals surface area contributed by atoms with Gasteiger partial charge in [0.2, 0.25) is 0 Å². The molecule has 0 aliphatic carbocycles. The number of aromatic nitrogens is 3. The molecule has 0 atom stereocenters. The van der Waals surface area contributed by atoms with Crippen molar-refractivity contribution in [2.75, 3.05) is 0 Å². The molecule has 0 bridgehead atoms. The minimum Gasteiger partial charge on any atom is -0.384 e. The van der Waals surface area contributed by atoms with Crippen LogP contribution in [0, 0.1) is 0 Å². The van der Waals surface area contributed by atoms with Gasteiger partial charge in [-0.3, -0.25) is 4.68 Å². The fourth-order valence-electron chi connectivity index (χ4n) is 1.57. The highest BCUT2D eigenvalue weighted by atomic mass is 16.3. The lowest BCUT2D eigenvalue weighted by Crippen LogP contribution is -2.15. The molecule has 0 fully saturated rings. The number of nitrogens with zero attached hydrogens (tertiary/aromatic N) is 3. The molecule has 0 unspecified atom stereocenters. The van der Waals surface area contributed by atoms with Gasteiger partial charge in [0.05, 0.1) is 6.20 Å². The average Bonchev–Trinajstić information content (AvgIpc) is 2.65. The lowest BCUT2D eigenvalue weighted by atomic mass is 10.1. The molecule has 1 N–H and O–H groups in total. The number of unbranched alkanes of at least 4 members (excludes halogenated alkanes) is 4. The molecule has 1 heterocycles. The summed E-state index contributed by atoms with van der Waals surface area (Å²) in [6.07, 6.45) is 8.09. The molecule has 1 aromatic rings. The van der Waals surface area contributed by atoms with Gasteiger partial charge in [0.15, 0.2) is 0 Å². The molecular formula is C12H23N3O. The van der Waals surface area contributed by atoms with Gasteiger partial charge in [0.25, 0.3) is 0 Å². The predicted molar refractivity (Wildman–Crippen MR) is 64.0 cm³/mol. The molecule has 0 aliphatic rings. The van der Waals surface area contributed by atoms with Crippen LogP contribution in [0.5, 0.6) is 0 Å². The zero-order valence-corrected chi connectivity index (χ0v) is 10.6. The highest BCUT2D eigenvalue weighted by Crippen LogP contribution is 2.15. The highest BCUT2D eigenvalue weighted by Gasteiger charge is 2.19. The fourth-order valence-corrected chi connectivity index (χ4v) is 1.57. The van der Waals surface area contributed by atoms with E-state index in [9.17, 15) is 5.11 Å². The van der Waals surface area contributed by atoms with Crippen LogP contribution in [-0.2, 0) is 12.1 Å². The second-order valence-corrected chi connectivity index (χ2v) is 4.84. The van der Waals surface area contributed by atoms with Crippen molar-refractivity contribution in [3.05, 3.63) is 11.9 Å². The Morgan fingerprint density at radius 1 is 1.25 bits per heavy atom. The van der Waals surface area contributed by atoms with Crippen LogP contribution in [0.2, 0.25) is 0 Å². The van der Waals surface area contributed by atoms with Crippen LogP contribution in [0.3, 0.4) is 0 Å². The lowest BCUT2D eigenvalue weighted by molar-refractivity contribution is 0.0737. The summed E-state index contributed by atoms with van der Waals surface area (Å²) in [5, 5.41) is 17.7. The van der Waals surface area contributed by atoms with E-state index < -0.39 is 5.60 Å². The summed E-state index contributed by atoms with van der Waals surface area (Å²) < 4.78 is 1.82. The Morgan fingerprint density at radius 2 is 1.94 bits per heavy atom. The maximum atomic E-state index is 9.73. The zero-order valence-electron chi connectivity index (χ0n) is 10.6. The second kappa shape index (κ2) is 5.99. The minimum absolute atomic E-state index is 0.640. The van der Waals surface area contributed by atoms with E-state index in [0.717, 1.165) is 13.0 Å². The minimum atomic E-state index is -0.888. The van der Waals surface area contributed by atoms with Crippen molar-refractivity contribution in [1.29, 1.82) is 0 Å². The maximum absolute atomic E-state index is 9.73. The number of hydrogen-bond acceptors (Lipinski definition) is 3. The quantitative estimate of drug-likeness (QED) is 0.725. The summed E-state index contributed by atoms with van der Waals surface area (Å²) in [7, 11) is 0. The van der Waals surface area contributed by atoms with Gasteiger partial charge in [-0.05, 0) is 20.3 Å². The Kier molecular flexibility index (Phi) is 4.93. The first-order valence-electron chi connectivity index (χ1n) is 6.17. The van der Waals surface area contributed by atoms with Gasteiger partial charge >= 0.3 is 0 Å². The Labute approximate surface area is 97.7 Å². The number of aliphatic hydroxyl groups is 1. The maximum Gasteiger partial charge on any atom is 0.114 e. The van der Waals surface area contributed by atoms with E-state index in [1.807, 2.05) is 10.9 Å². The number of rotatable bonds is 7. The Bertz CT molecular complexity index is 301. The van der Waals surface area contributed by atoms with Crippen LogP contribution in [0.1, 0.15) is 58.6 Å². The van der Waals surface area contributed by atoms with Gasteiger partial charge in [-0.1, -0.05) is 37.8 Å². The van der Waals surface area contributed by atoms with Crippen molar-refractivity contribution < 1.29 is 5.11 Å². The Morgan fingerprint density at radius 3 is 2.50 bits per heavy atom. The molecule has 1 rings (SSSR count). The smallest absolute Gasteiger partial charge is 0.114 e. The van der Waals surface area contributed by atoms with Gasteiger partial charge in [-0.15, -0.1) is 5.10 Å². The average molecular weight is 225 g/mol. The first-order valence-corrected chi connectivity index (χ1v) is 6.17. The zero-order chi connectivity index (χ0) is 12.0. The number of aryl methyl sites for hydroxylation is 1. The van der Waals surface area contributed by atoms with Gasteiger partial charge < -0.3 is 5.11 Å². The molecule has 4 heteroatoms. The third-order valence-electron chi connectivity index (χ3n) is 2.66. The molecule has 0 saturated heterocycles. The standard InChI is InChI=1S/C12H23N3O/c1-4-5-6-7-8-9-15-10-11(13-14-15)12(2,3)16/h10,16H,4-9H2,1-3H3. The van der Waals surface area contributed by atoms with E-state index in [2.05, 4.69) is 17.2 Å². The van der Waals surface area contributed by atoms with E-state index in [-0.39, 0.29) is 0 Å². The molecule has 0 saturated carbocycles. The SMILES string of the molecule is CCCCCCCn1cc(C(C)(C)O)nn1. The topological polar surface area (TPSA) is 50.9 Å². The summed E-state index contributed by atoms with van der Waals surface area (Å²) in [5.41, 5.74) is -0.249. The first kappa shape index (κ1) is 13.2. The largest absolute Gasteiger partial charge is 0.384 e. The molecule has 4 nitrogen and oxygen atoms in total. The second-order valence-electron chi connectivity index (χ2n) is 4.84. The van der Waals surface area contributed by atoms with Crippen molar-refractivity contribution in [2.45, 2.75) is 65.0 Å². The molecule has 16 heavy (non-hydrogen) atoms. The molecule has 0 amide bonds. The molecular weight excluding hydrogens is 202 g/mol. The summed E-state index contributed by atoms with van der Waals surface area (Å²) in [6.45, 7) is 6.56. The molecule has 0 radical (unpaired) electrons. The van der Waals surface area contributed by atoms with Crippen LogP contribution in [0.15, 0.2) is 6.20 Å².